The number of phenolic OH excluding ortho intramolecular Hbond substituents is 2. The van der Waals surface area contributed by atoms with Crippen molar-refractivity contribution < 1.29 is 48.2 Å². The van der Waals surface area contributed by atoms with Gasteiger partial charge < -0.3 is 19.4 Å². The number of furan rings is 1. The predicted octanol–water partition coefficient (Wildman–Crippen LogP) is -0.314. The fourth-order valence-electron chi connectivity index (χ4n) is 3.15. The van der Waals surface area contributed by atoms with Gasteiger partial charge in [0.05, 0.1) is 18.1 Å². The SMILES string of the molecule is CCOc1cc(-c2ccc(O)c(O)c2)cc(=[O+]CC)c2c(C)oc(C)c12.[O-][Cl+3]([O-])([O-])[O-]. The molecule has 0 aliphatic carbocycles. The van der Waals surface area contributed by atoms with Gasteiger partial charge in [0, 0.05) is 6.92 Å². The van der Waals surface area contributed by atoms with E-state index in [0.29, 0.717) is 24.4 Å². The van der Waals surface area contributed by atoms with Crippen LogP contribution in [0.3, 0.4) is 0 Å². The fraction of sp³-hybridized carbons (Fsp3) is 0.286. The lowest BCUT2D eigenvalue weighted by Gasteiger charge is -2.17. The molecule has 0 atom stereocenters. The Morgan fingerprint density at radius 3 is 2.06 bits per heavy atom. The Bertz CT molecular complexity index is 1120. The van der Waals surface area contributed by atoms with E-state index < -0.39 is 10.2 Å². The molecule has 10 heteroatoms. The molecule has 168 valence electrons. The number of fused-ring (bicyclic) bond motifs is 1. The summed E-state index contributed by atoms with van der Waals surface area (Å²) in [4.78, 5) is 0. The van der Waals surface area contributed by atoms with Crippen molar-refractivity contribution in [3.63, 3.8) is 0 Å². The second kappa shape index (κ2) is 9.99. The Morgan fingerprint density at radius 1 is 0.903 bits per heavy atom. The molecule has 0 radical (unpaired) electrons. The van der Waals surface area contributed by atoms with Gasteiger partial charge in [-0.15, -0.1) is 10.2 Å². The van der Waals surface area contributed by atoms with Crippen molar-refractivity contribution in [3.8, 4) is 28.4 Å². The predicted molar refractivity (Wildman–Crippen MR) is 102 cm³/mol. The van der Waals surface area contributed by atoms with Crippen molar-refractivity contribution in [2.24, 2.45) is 0 Å². The van der Waals surface area contributed by atoms with Gasteiger partial charge >= 0.3 is 5.43 Å². The van der Waals surface area contributed by atoms with Crippen LogP contribution in [0.2, 0.25) is 0 Å². The van der Waals surface area contributed by atoms with Gasteiger partial charge in [0.15, 0.2) is 11.5 Å². The second-order valence-electron chi connectivity index (χ2n) is 6.38. The van der Waals surface area contributed by atoms with E-state index in [1.165, 1.54) is 12.1 Å². The molecule has 0 saturated carbocycles. The zero-order valence-electron chi connectivity index (χ0n) is 17.4. The van der Waals surface area contributed by atoms with E-state index in [2.05, 4.69) is 0 Å². The zero-order valence-corrected chi connectivity index (χ0v) is 18.2. The minimum atomic E-state index is -4.94. The maximum Gasteiger partial charge on any atom is 0.355 e. The normalized spacial score (nSPS) is 11.9. The standard InChI is InChI=1S/C21H22O5.ClHO4/c1-5-24-18-10-15(14-7-8-16(22)17(23)9-14)11-19(25-6-2)21-13(4)26-12(3)20(18)21;2-1(3,4)5/h7-11H,5-6H2,1-4H3,(H-,22,23);(H,2,3,4,5). The summed E-state index contributed by atoms with van der Waals surface area (Å²) in [7, 11) is -4.94. The number of ether oxygens (including phenoxy) is 1. The van der Waals surface area contributed by atoms with Gasteiger partial charge in [0.2, 0.25) is 0 Å². The summed E-state index contributed by atoms with van der Waals surface area (Å²) in [5.74, 6) is 1.88. The van der Waals surface area contributed by atoms with Crippen LogP contribution >= 0.6 is 0 Å². The summed E-state index contributed by atoms with van der Waals surface area (Å²) in [6, 6.07) is 8.53. The molecule has 0 spiro atoms. The number of rotatable bonds is 4. The molecule has 0 unspecified atom stereocenters. The Balaban J connectivity index is 0.000000614. The van der Waals surface area contributed by atoms with E-state index in [1.54, 1.807) is 6.07 Å². The highest BCUT2D eigenvalue weighted by molar-refractivity contribution is 5.93. The number of aromatic hydroxyl groups is 2. The number of hydrogen-bond donors (Lipinski definition) is 2. The van der Waals surface area contributed by atoms with Crippen molar-refractivity contribution in [1.29, 1.82) is 0 Å². The lowest BCUT2D eigenvalue weighted by Crippen LogP contribution is -2.68. The van der Waals surface area contributed by atoms with Gasteiger partial charge in [-0.3, -0.25) is 4.42 Å². The van der Waals surface area contributed by atoms with Crippen LogP contribution in [0.15, 0.2) is 39.2 Å². The van der Waals surface area contributed by atoms with Gasteiger partial charge in [0.25, 0.3) is 6.61 Å². The molecule has 0 fully saturated rings. The van der Waals surface area contributed by atoms with Crippen LogP contribution in [0.1, 0.15) is 25.4 Å². The highest BCUT2D eigenvalue weighted by Crippen LogP contribution is 2.35. The van der Waals surface area contributed by atoms with E-state index in [1.807, 2.05) is 39.8 Å². The quantitative estimate of drug-likeness (QED) is 0.399. The van der Waals surface area contributed by atoms with E-state index in [9.17, 15) is 10.2 Å². The number of benzene rings is 1. The van der Waals surface area contributed by atoms with Crippen molar-refractivity contribution in [2.75, 3.05) is 13.2 Å². The number of hydrogen-bond acceptors (Lipinski definition) is 8. The largest absolute Gasteiger partial charge is 0.504 e. The first-order chi connectivity index (χ1) is 14.5. The summed E-state index contributed by atoms with van der Waals surface area (Å²) in [5.41, 5.74) is 2.24. The molecule has 1 heterocycles. The Morgan fingerprint density at radius 2 is 1.52 bits per heavy atom. The van der Waals surface area contributed by atoms with Crippen LogP contribution in [-0.2, 0) is 0 Å². The molecule has 0 aliphatic rings. The summed E-state index contributed by atoms with van der Waals surface area (Å²) >= 11 is 0. The average Bonchev–Trinajstić information content (AvgIpc) is 2.84. The first-order valence-corrected chi connectivity index (χ1v) is 10.5. The highest BCUT2D eigenvalue weighted by atomic mass is 35.7. The van der Waals surface area contributed by atoms with E-state index in [-0.39, 0.29) is 11.5 Å². The van der Waals surface area contributed by atoms with Crippen LogP contribution in [0, 0.1) is 24.1 Å². The molecule has 3 rings (SSSR count). The topological polar surface area (TPSA) is 166 Å². The van der Waals surface area contributed by atoms with E-state index in [4.69, 9.17) is 32.2 Å². The molecular formula is C21H23ClO9. The summed E-state index contributed by atoms with van der Waals surface area (Å²) in [6.07, 6.45) is 0. The van der Waals surface area contributed by atoms with Crippen LogP contribution in [-0.4, -0.2) is 23.4 Å². The Kier molecular flexibility index (Phi) is 7.88. The first kappa shape index (κ1) is 24.4. The van der Waals surface area contributed by atoms with Crippen molar-refractivity contribution >= 4 is 10.8 Å². The number of aryl methyl sites for hydroxylation is 2. The van der Waals surface area contributed by atoms with Crippen LogP contribution in [0.25, 0.3) is 21.9 Å². The molecule has 0 saturated heterocycles. The maximum absolute atomic E-state index is 9.88. The third-order valence-corrected chi connectivity index (χ3v) is 4.23. The molecule has 2 aromatic carbocycles. The number of phenols is 2. The zero-order chi connectivity index (χ0) is 23.3. The Labute approximate surface area is 180 Å². The summed E-state index contributed by atoms with van der Waals surface area (Å²) < 4.78 is 51.6. The van der Waals surface area contributed by atoms with Gasteiger partial charge in [-0.05, 0) is 50.1 Å². The first-order valence-electron chi connectivity index (χ1n) is 9.27. The molecule has 2 N–H and O–H groups in total. The van der Waals surface area contributed by atoms with Gasteiger partial charge in [-0.25, -0.2) is 18.6 Å². The molecule has 9 nitrogen and oxygen atoms in total. The smallest absolute Gasteiger partial charge is 0.355 e. The summed E-state index contributed by atoms with van der Waals surface area (Å²) in [5, 5.41) is 21.2. The van der Waals surface area contributed by atoms with Crippen LogP contribution < -0.4 is 28.8 Å². The molecule has 0 amide bonds. The average molecular weight is 455 g/mol. The molecule has 3 aromatic rings. The van der Waals surface area contributed by atoms with Crippen molar-refractivity contribution in [3.05, 3.63) is 51.7 Å². The monoisotopic (exact) mass is 454 g/mol. The van der Waals surface area contributed by atoms with Crippen molar-refractivity contribution in [1.82, 2.24) is 0 Å². The maximum atomic E-state index is 9.88. The van der Waals surface area contributed by atoms with Gasteiger partial charge in [0.1, 0.15) is 22.7 Å². The molecule has 1 aromatic heterocycles. The fourth-order valence-corrected chi connectivity index (χ4v) is 3.15. The molecule has 31 heavy (non-hydrogen) atoms. The van der Waals surface area contributed by atoms with Crippen LogP contribution in [0.4, 0.5) is 0 Å². The van der Waals surface area contributed by atoms with Crippen LogP contribution in [0.5, 0.6) is 17.2 Å². The highest BCUT2D eigenvalue weighted by Gasteiger charge is 2.20. The van der Waals surface area contributed by atoms with Gasteiger partial charge in [-0.1, -0.05) is 6.07 Å². The third-order valence-electron chi connectivity index (χ3n) is 4.23. The lowest BCUT2D eigenvalue weighted by atomic mass is 10.1. The second-order valence-corrected chi connectivity index (χ2v) is 7.14. The molecule has 0 bridgehead atoms. The van der Waals surface area contributed by atoms with Crippen molar-refractivity contribution in [2.45, 2.75) is 27.7 Å². The Hall–Kier alpha value is -2.82. The lowest BCUT2D eigenvalue weighted by molar-refractivity contribution is -2.00. The minimum absolute atomic E-state index is 0.159. The van der Waals surface area contributed by atoms with E-state index >= 15 is 0 Å². The summed E-state index contributed by atoms with van der Waals surface area (Å²) in [6.45, 7) is 8.67. The third kappa shape index (κ3) is 6.33. The molecular weight excluding hydrogens is 432 g/mol. The van der Waals surface area contributed by atoms with Gasteiger partial charge in [-0.2, -0.15) is 0 Å². The number of halogens is 1. The minimum Gasteiger partial charge on any atom is -0.504 e. The van der Waals surface area contributed by atoms with E-state index in [0.717, 1.165) is 33.4 Å². The molecule has 0 aliphatic heterocycles.